The topological polar surface area (TPSA) is 203 Å². The molecule has 1 fully saturated rings. The number of aromatic nitrogens is 2. The van der Waals surface area contributed by atoms with E-state index in [0.29, 0.717) is 0 Å². The van der Waals surface area contributed by atoms with Crippen LogP contribution >= 0.6 is 15.9 Å². The smallest absolute Gasteiger partial charge is 0.338 e. The van der Waals surface area contributed by atoms with Crippen LogP contribution in [0.5, 0.6) is 0 Å². The van der Waals surface area contributed by atoms with E-state index in [2.05, 4.69) is 20.9 Å². The van der Waals surface area contributed by atoms with Gasteiger partial charge in [0.15, 0.2) is 0 Å². The highest BCUT2D eigenvalue weighted by molar-refractivity contribution is 9.11. The van der Waals surface area contributed by atoms with Crippen LogP contribution in [0.3, 0.4) is 0 Å². The zero-order chi connectivity index (χ0) is 29.7. The summed E-state index contributed by atoms with van der Waals surface area (Å²) in [5, 5.41) is 21.8. The summed E-state index contributed by atoms with van der Waals surface area (Å²) >= 11 is 3.06. The van der Waals surface area contributed by atoms with E-state index in [4.69, 9.17) is 14.2 Å². The zero-order valence-electron chi connectivity index (χ0n) is 20.7. The Morgan fingerprint density at radius 2 is 1.56 bits per heavy atom. The Hall–Kier alpha value is -4.96. The van der Waals surface area contributed by atoms with Crippen molar-refractivity contribution in [2.75, 3.05) is 6.61 Å². The van der Waals surface area contributed by atoms with Gasteiger partial charge in [-0.3, -0.25) is 34.6 Å². The minimum absolute atomic E-state index is 0.00614. The second kappa shape index (κ2) is 12.5. The summed E-state index contributed by atoms with van der Waals surface area (Å²) in [6, 6.07) is 9.38. The molecule has 0 aliphatic carbocycles. The summed E-state index contributed by atoms with van der Waals surface area (Å²) in [6.07, 6.45) is -0.593. The molecule has 3 aromatic rings. The van der Waals surface area contributed by atoms with Crippen molar-refractivity contribution in [3.05, 3.63) is 117 Å². The number of benzene rings is 2. The molecule has 2 heterocycles. The van der Waals surface area contributed by atoms with Crippen LogP contribution in [-0.2, 0) is 14.2 Å². The Kier molecular flexibility index (Phi) is 8.84. The molecule has 16 heteroatoms. The third kappa shape index (κ3) is 6.79. The van der Waals surface area contributed by atoms with E-state index in [0.717, 1.165) is 28.8 Å². The lowest BCUT2D eigenvalue weighted by molar-refractivity contribution is -0.385. The van der Waals surface area contributed by atoms with Gasteiger partial charge in [0.1, 0.15) is 25.0 Å². The average molecular weight is 631 g/mol. The molecule has 0 saturated carbocycles. The first-order valence-corrected chi connectivity index (χ1v) is 12.6. The van der Waals surface area contributed by atoms with Crippen molar-refractivity contribution in [2.24, 2.45) is 0 Å². The molecular formula is C25H19BrN4O11. The lowest BCUT2D eigenvalue weighted by Gasteiger charge is -2.19. The SMILES string of the molecule is O=C(OC[C@@H]1O[C@H](n2cc(/C=C/Br)c(=O)[nH]c2=O)CC1OC(=O)c1ccc([N+](=O)[O-])cc1)c1ccc([N+](=O)[O-])cc1. The average Bonchev–Trinajstić information content (AvgIpc) is 3.35. The number of H-pyrrole nitrogens is 1. The van der Waals surface area contributed by atoms with E-state index in [1.807, 2.05) is 0 Å². The van der Waals surface area contributed by atoms with Gasteiger partial charge in [-0.05, 0) is 35.3 Å². The third-order valence-corrected chi connectivity index (χ3v) is 6.26. The fourth-order valence-corrected chi connectivity index (χ4v) is 4.22. The summed E-state index contributed by atoms with van der Waals surface area (Å²) in [5.41, 5.74) is -1.74. The van der Waals surface area contributed by atoms with Crippen LogP contribution < -0.4 is 11.2 Å². The number of carbonyl (C=O) groups is 2. The second-order valence-electron chi connectivity index (χ2n) is 8.56. The van der Waals surface area contributed by atoms with E-state index in [9.17, 15) is 39.4 Å². The van der Waals surface area contributed by atoms with Gasteiger partial charge in [-0.2, -0.15) is 0 Å². The Balaban J connectivity index is 1.55. The number of nitro benzene ring substituents is 2. The van der Waals surface area contributed by atoms with Crippen LogP contribution in [0.15, 0.2) is 69.3 Å². The molecule has 0 amide bonds. The van der Waals surface area contributed by atoms with Crippen LogP contribution in [0.2, 0.25) is 0 Å². The van der Waals surface area contributed by atoms with Crippen molar-refractivity contribution in [1.29, 1.82) is 0 Å². The van der Waals surface area contributed by atoms with Crippen LogP contribution in [0, 0.1) is 20.2 Å². The predicted molar refractivity (Wildman–Crippen MR) is 143 cm³/mol. The van der Waals surface area contributed by atoms with Crippen molar-refractivity contribution in [2.45, 2.75) is 24.9 Å². The number of aromatic amines is 1. The number of hydrogen-bond acceptors (Lipinski definition) is 11. The van der Waals surface area contributed by atoms with Gasteiger partial charge in [-0.15, -0.1) is 0 Å². The number of hydrogen-bond donors (Lipinski definition) is 1. The molecule has 1 aliphatic rings. The fourth-order valence-electron chi connectivity index (χ4n) is 3.93. The number of rotatable bonds is 9. The highest BCUT2D eigenvalue weighted by atomic mass is 79.9. The molecule has 4 rings (SSSR count). The van der Waals surface area contributed by atoms with Gasteiger partial charge in [-0.1, -0.05) is 15.9 Å². The number of nitrogens with zero attached hydrogens (tertiary/aromatic N) is 3. The zero-order valence-corrected chi connectivity index (χ0v) is 22.3. The number of non-ortho nitro benzene ring substituents is 2. The van der Waals surface area contributed by atoms with Crippen LogP contribution in [0.1, 0.15) is 38.9 Å². The molecule has 41 heavy (non-hydrogen) atoms. The first-order valence-electron chi connectivity index (χ1n) is 11.7. The lowest BCUT2D eigenvalue weighted by Crippen LogP contribution is -2.33. The van der Waals surface area contributed by atoms with Crippen LogP contribution in [0.4, 0.5) is 11.4 Å². The Morgan fingerprint density at radius 1 is 1.00 bits per heavy atom. The highest BCUT2D eigenvalue weighted by Crippen LogP contribution is 2.31. The Labute approximate surface area is 237 Å². The van der Waals surface area contributed by atoms with Gasteiger partial charge in [0.25, 0.3) is 16.9 Å². The molecule has 212 valence electrons. The maximum atomic E-state index is 12.8. The summed E-state index contributed by atoms with van der Waals surface area (Å²) in [6.45, 7) is -0.434. The number of halogens is 1. The predicted octanol–water partition coefficient (Wildman–Crippen LogP) is 3.09. The molecule has 1 unspecified atom stereocenters. The van der Waals surface area contributed by atoms with Gasteiger partial charge in [-0.25, -0.2) is 14.4 Å². The molecule has 15 nitrogen and oxygen atoms in total. The second-order valence-corrected chi connectivity index (χ2v) is 9.09. The van der Waals surface area contributed by atoms with Crippen LogP contribution in [-0.4, -0.2) is 50.2 Å². The van der Waals surface area contributed by atoms with E-state index in [1.165, 1.54) is 41.5 Å². The fraction of sp³-hybridized carbons (Fsp3) is 0.200. The molecule has 1 saturated heterocycles. The highest BCUT2D eigenvalue weighted by Gasteiger charge is 2.40. The minimum atomic E-state index is -1.07. The van der Waals surface area contributed by atoms with Gasteiger partial charge in [0.05, 0.1) is 26.5 Å². The quantitative estimate of drug-likeness (QED) is 0.206. The summed E-state index contributed by atoms with van der Waals surface area (Å²) in [5.74, 6) is -1.68. The van der Waals surface area contributed by atoms with Crippen molar-refractivity contribution in [3.8, 4) is 0 Å². The molecule has 1 aliphatic heterocycles. The molecule has 0 radical (unpaired) electrons. The normalized spacial score (nSPS) is 18.2. The monoisotopic (exact) mass is 630 g/mol. The van der Waals surface area contributed by atoms with Gasteiger partial charge < -0.3 is 14.2 Å². The molecule has 2 aromatic carbocycles. The van der Waals surface area contributed by atoms with Crippen molar-refractivity contribution in [1.82, 2.24) is 9.55 Å². The first kappa shape index (κ1) is 29.0. The van der Waals surface area contributed by atoms with Gasteiger partial charge >= 0.3 is 17.6 Å². The Morgan fingerprint density at radius 3 is 2.10 bits per heavy atom. The molecule has 1 N–H and O–H groups in total. The standard InChI is InChI=1S/C25H19BrN4O11/c26-10-9-16-12-28(25(34)27-22(16)31)21-11-19(41-24(33)15-3-7-18(8-4-15)30(37)38)20(40-21)13-39-23(32)14-1-5-17(6-2-14)29(35)36/h1-10,12,19-21H,11,13H2,(H,27,31,34)/b10-9+/t19?,20-,21-/m0/s1. The number of nitro groups is 2. The van der Waals surface area contributed by atoms with E-state index >= 15 is 0 Å². The summed E-state index contributed by atoms with van der Waals surface area (Å²) in [4.78, 5) is 74.1. The minimum Gasteiger partial charge on any atom is -0.459 e. The van der Waals surface area contributed by atoms with Gasteiger partial charge in [0, 0.05) is 36.9 Å². The lowest BCUT2D eigenvalue weighted by atomic mass is 10.1. The Bertz CT molecular complexity index is 1630. The largest absolute Gasteiger partial charge is 0.459 e. The third-order valence-electron chi connectivity index (χ3n) is 5.99. The number of ether oxygens (including phenoxy) is 3. The number of nitrogens with one attached hydrogen (secondary N) is 1. The van der Waals surface area contributed by atoms with Crippen molar-refractivity contribution >= 4 is 45.3 Å². The molecule has 3 atom stereocenters. The molecule has 0 bridgehead atoms. The molecule has 0 spiro atoms. The molecule has 1 aromatic heterocycles. The first-order chi connectivity index (χ1) is 19.6. The van der Waals surface area contributed by atoms with Crippen molar-refractivity contribution < 1.29 is 33.6 Å². The molecular weight excluding hydrogens is 612 g/mol. The number of esters is 2. The van der Waals surface area contributed by atoms with Crippen LogP contribution in [0.25, 0.3) is 6.08 Å². The maximum Gasteiger partial charge on any atom is 0.338 e. The number of carbonyl (C=O) groups excluding carboxylic acids is 2. The maximum absolute atomic E-state index is 12.8. The van der Waals surface area contributed by atoms with Crippen molar-refractivity contribution in [3.63, 3.8) is 0 Å². The van der Waals surface area contributed by atoms with E-state index in [1.54, 1.807) is 0 Å². The van der Waals surface area contributed by atoms with E-state index in [-0.39, 0.29) is 34.5 Å². The van der Waals surface area contributed by atoms with E-state index < -0.39 is 58.1 Å². The van der Waals surface area contributed by atoms with Gasteiger partial charge in [0.2, 0.25) is 0 Å². The summed E-state index contributed by atoms with van der Waals surface area (Å²) < 4.78 is 17.9. The summed E-state index contributed by atoms with van der Waals surface area (Å²) in [7, 11) is 0.